The molecule has 0 aromatic heterocycles. The summed E-state index contributed by atoms with van der Waals surface area (Å²) < 4.78 is 0. The van der Waals surface area contributed by atoms with Crippen molar-refractivity contribution in [3.05, 3.63) is 88.7 Å². The third-order valence-corrected chi connectivity index (χ3v) is 3.23. The van der Waals surface area contributed by atoms with E-state index >= 15 is 0 Å². The molecule has 0 bridgehead atoms. The van der Waals surface area contributed by atoms with Crippen LogP contribution in [-0.2, 0) is 19.4 Å². The van der Waals surface area contributed by atoms with Crippen molar-refractivity contribution in [2.75, 3.05) is 0 Å². The Balaban J connectivity index is 0.00000163. The van der Waals surface area contributed by atoms with Gasteiger partial charge in [0.05, 0.1) is 12.3 Å². The normalized spacial score (nSPS) is 12.2. The molecule has 0 amide bonds. The molecule has 0 aliphatic rings. The first-order chi connectivity index (χ1) is 12.4. The fraction of sp³-hybridized carbons (Fsp3) is 0.238. The van der Waals surface area contributed by atoms with Gasteiger partial charge in [-0.1, -0.05) is 74.9 Å². The minimum absolute atomic E-state index is 0.284. The molecule has 0 spiro atoms. The number of para-hydroxylation sites is 1. The zero-order valence-electron chi connectivity index (χ0n) is 15.5. The van der Waals surface area contributed by atoms with E-state index < -0.39 is 0 Å². The molecular weight excluding hydrogens is 378 g/mol. The van der Waals surface area contributed by atoms with Crippen LogP contribution in [0.1, 0.15) is 33.3 Å². The van der Waals surface area contributed by atoms with Crippen molar-refractivity contribution in [3.8, 4) is 0 Å². The first kappa shape index (κ1) is 22.2. The number of halogens is 1. The fourth-order valence-corrected chi connectivity index (χ4v) is 2.24. The second kappa shape index (κ2) is 11.0. The molecule has 0 N–H and O–H groups in total. The third kappa shape index (κ3) is 7.18. The van der Waals surface area contributed by atoms with Crippen LogP contribution in [0.15, 0.2) is 71.4 Å². The SMILES string of the molecule is [C-]#[N+]/C(C(C)=Nc1ccccc1)=C(/[N-]C(C)(C)C)c1ccccc1.[Cl][Ti+]. The molecule has 0 atom stereocenters. The van der Waals surface area contributed by atoms with Crippen molar-refractivity contribution >= 4 is 26.4 Å². The van der Waals surface area contributed by atoms with E-state index in [-0.39, 0.29) is 5.54 Å². The van der Waals surface area contributed by atoms with Crippen molar-refractivity contribution in [3.63, 3.8) is 0 Å². The molecule has 2 aromatic carbocycles. The molecule has 132 valence electrons. The van der Waals surface area contributed by atoms with Gasteiger partial charge in [-0.05, 0) is 19.1 Å². The molecule has 0 aliphatic carbocycles. The summed E-state index contributed by atoms with van der Waals surface area (Å²) in [7, 11) is 4.64. The van der Waals surface area contributed by atoms with Gasteiger partial charge in [-0.2, -0.15) is 0 Å². The summed E-state index contributed by atoms with van der Waals surface area (Å²) in [6.07, 6.45) is 0. The number of benzene rings is 2. The Morgan fingerprint density at radius 1 is 1.00 bits per heavy atom. The summed E-state index contributed by atoms with van der Waals surface area (Å²) in [5, 5.41) is 4.80. The summed E-state index contributed by atoms with van der Waals surface area (Å²) in [6.45, 7) is 15.6. The molecule has 0 saturated carbocycles. The van der Waals surface area contributed by atoms with E-state index in [4.69, 9.17) is 11.9 Å². The van der Waals surface area contributed by atoms with E-state index in [1.54, 1.807) is 0 Å². The zero-order valence-corrected chi connectivity index (χ0v) is 17.8. The molecule has 3 nitrogen and oxygen atoms in total. The van der Waals surface area contributed by atoms with Crippen LogP contribution in [-0.4, -0.2) is 11.3 Å². The molecule has 0 aliphatic heterocycles. The molecule has 0 fully saturated rings. The molecule has 0 saturated heterocycles. The average Bonchev–Trinajstić information content (AvgIpc) is 2.64. The van der Waals surface area contributed by atoms with E-state index in [9.17, 15) is 0 Å². The van der Waals surface area contributed by atoms with E-state index in [1.807, 2.05) is 88.4 Å². The summed E-state index contributed by atoms with van der Waals surface area (Å²) in [6, 6.07) is 19.5. The predicted octanol–water partition coefficient (Wildman–Crippen LogP) is 6.93. The summed E-state index contributed by atoms with van der Waals surface area (Å²) in [5.74, 6) is 0. The monoisotopic (exact) mass is 399 g/mol. The number of aliphatic imine (C=N–C) groups is 1. The Morgan fingerprint density at radius 3 is 1.96 bits per heavy atom. The third-order valence-electron chi connectivity index (χ3n) is 3.23. The van der Waals surface area contributed by atoms with Crippen LogP contribution in [0.4, 0.5) is 5.69 Å². The van der Waals surface area contributed by atoms with Crippen molar-refractivity contribution in [2.45, 2.75) is 33.2 Å². The number of rotatable bonds is 4. The first-order valence-corrected chi connectivity index (χ1v) is 10.3. The quantitative estimate of drug-likeness (QED) is 0.303. The van der Waals surface area contributed by atoms with Gasteiger partial charge in [-0.25, -0.2) is 4.85 Å². The summed E-state index contributed by atoms with van der Waals surface area (Å²) in [4.78, 5) is 8.34. The van der Waals surface area contributed by atoms with E-state index in [0.29, 0.717) is 17.1 Å². The second-order valence-corrected chi connectivity index (χ2v) is 6.49. The number of hydrogen-bond donors (Lipinski definition) is 0. The molecule has 2 aromatic rings. The van der Waals surface area contributed by atoms with Crippen LogP contribution in [0.2, 0.25) is 0 Å². The van der Waals surface area contributed by atoms with Gasteiger partial charge < -0.3 is 5.32 Å². The van der Waals surface area contributed by atoms with Gasteiger partial charge in [0, 0.05) is 5.71 Å². The summed E-state index contributed by atoms with van der Waals surface area (Å²) >= 11 is 1.47. The minimum atomic E-state index is -0.284. The van der Waals surface area contributed by atoms with Crippen molar-refractivity contribution in [2.24, 2.45) is 4.99 Å². The summed E-state index contributed by atoms with van der Waals surface area (Å²) in [5.41, 5.74) is 3.33. The van der Waals surface area contributed by atoms with Crippen molar-refractivity contribution in [1.82, 2.24) is 0 Å². The Hall–Kier alpha value is -1.86. The van der Waals surface area contributed by atoms with Crippen LogP contribution < -0.4 is 0 Å². The van der Waals surface area contributed by atoms with Crippen LogP contribution in [0.5, 0.6) is 0 Å². The average molecular weight is 400 g/mol. The maximum atomic E-state index is 7.67. The van der Waals surface area contributed by atoms with Crippen molar-refractivity contribution in [1.29, 1.82) is 0 Å². The van der Waals surface area contributed by atoms with Crippen molar-refractivity contribution < 1.29 is 19.4 Å². The molecule has 26 heavy (non-hydrogen) atoms. The number of hydrogen-bond acceptors (Lipinski definition) is 1. The molecule has 2 rings (SSSR count). The zero-order chi connectivity index (χ0) is 19.6. The molecular formula is C21H22ClN3Ti. The van der Waals surface area contributed by atoms with Gasteiger partial charge >= 0.3 is 28.7 Å². The fourth-order valence-electron chi connectivity index (χ4n) is 2.24. The van der Waals surface area contributed by atoms with Gasteiger partial charge in [0.1, 0.15) is 0 Å². The van der Waals surface area contributed by atoms with Crippen LogP contribution in [0.25, 0.3) is 15.9 Å². The van der Waals surface area contributed by atoms with Gasteiger partial charge in [-0.15, -0.1) is 11.2 Å². The molecule has 0 heterocycles. The van der Waals surface area contributed by atoms with Crippen LogP contribution in [0, 0.1) is 6.57 Å². The Kier molecular flexibility index (Phi) is 9.37. The molecule has 0 radical (unpaired) electrons. The molecule has 5 heteroatoms. The number of nitrogens with zero attached hydrogens (tertiary/aromatic N) is 3. The maximum absolute atomic E-state index is 7.67. The second-order valence-electron chi connectivity index (χ2n) is 6.49. The van der Waals surface area contributed by atoms with Gasteiger partial charge in [0.2, 0.25) is 0 Å². The van der Waals surface area contributed by atoms with Crippen LogP contribution >= 0.6 is 9.30 Å². The number of allylic oxidation sites excluding steroid dienone is 1. The van der Waals surface area contributed by atoms with E-state index in [1.165, 1.54) is 19.4 Å². The van der Waals surface area contributed by atoms with Crippen LogP contribution in [0.3, 0.4) is 0 Å². The topological polar surface area (TPSA) is 30.8 Å². The molecule has 0 unspecified atom stereocenters. The van der Waals surface area contributed by atoms with Gasteiger partial charge in [-0.3, -0.25) is 4.99 Å². The van der Waals surface area contributed by atoms with E-state index in [0.717, 1.165) is 11.3 Å². The predicted molar refractivity (Wildman–Crippen MR) is 108 cm³/mol. The van der Waals surface area contributed by atoms with Gasteiger partial charge in [0.25, 0.3) is 0 Å². The standard InChI is InChI=1S/C21H22N3.ClH.Ti/c1-16(23-18-14-10-7-11-15-18)19(22-5)20(24-21(2,3)4)17-12-8-6-9-13-17;;/h6-15H,1-4H3;1H;/q-1;;+2/p-1/b20-19+,23-16?;;. The Labute approximate surface area is 172 Å². The van der Waals surface area contributed by atoms with E-state index in [2.05, 4.69) is 19.1 Å². The first-order valence-electron chi connectivity index (χ1n) is 8.10. The Morgan fingerprint density at radius 2 is 1.50 bits per heavy atom. The Bertz CT molecular complexity index is 786. The van der Waals surface area contributed by atoms with Gasteiger partial charge in [0.15, 0.2) is 5.70 Å².